The number of hydrogen-bond acceptors (Lipinski definition) is 6. The van der Waals surface area contributed by atoms with Gasteiger partial charge in [0.15, 0.2) is 5.69 Å². The number of hydrogen-bond donors (Lipinski definition) is 5. The van der Waals surface area contributed by atoms with Gasteiger partial charge in [0.2, 0.25) is 0 Å². The second-order valence-electron chi connectivity index (χ2n) is 10.4. The topological polar surface area (TPSA) is 114 Å². The van der Waals surface area contributed by atoms with Crippen LogP contribution in [0.4, 0.5) is 23.8 Å². The average Bonchev–Trinajstić information content (AvgIpc) is 3.27. The Morgan fingerprint density at radius 1 is 1.15 bits per heavy atom. The zero-order valence-corrected chi connectivity index (χ0v) is 23.8. The van der Waals surface area contributed by atoms with E-state index in [4.69, 9.17) is 28.9 Å². The monoisotopic (exact) mass is 612 g/mol. The van der Waals surface area contributed by atoms with Gasteiger partial charge in [0.25, 0.3) is 0 Å². The second-order valence-corrected chi connectivity index (χ2v) is 11.3. The largest absolute Gasteiger partial charge is 0.434 e. The number of pyridine rings is 1. The standard InChI is InChI=1S/C27H33Cl2F3N8O/c28-17-1-3-21-19(11-17)18-5-9-39(10-8-35-23-4-2-20(29)25(38-23)27(30,31)32)22(24(18)37-21)13-34-12-16-14-40(15-16)26(41)36-7-6-33/h1-4,11,16,22,34,37H,5-10,12-15,33H2,(H,35,38)(H,36,41). The van der Waals surface area contributed by atoms with Crippen LogP contribution in [0.1, 0.15) is 23.0 Å². The van der Waals surface area contributed by atoms with E-state index in [9.17, 15) is 18.0 Å². The molecule has 0 radical (unpaired) electrons. The van der Waals surface area contributed by atoms with E-state index in [1.165, 1.54) is 17.7 Å². The molecule has 2 aliphatic heterocycles. The molecule has 3 aromatic rings. The molecule has 14 heteroatoms. The summed E-state index contributed by atoms with van der Waals surface area (Å²) >= 11 is 12.0. The normalized spacial score (nSPS) is 17.9. The molecule has 1 unspecified atom stereocenters. The number of H-pyrrole nitrogens is 1. The molecule has 5 rings (SSSR count). The smallest absolute Gasteiger partial charge is 0.369 e. The molecule has 1 aromatic carbocycles. The van der Waals surface area contributed by atoms with Crippen molar-refractivity contribution in [3.05, 3.63) is 57.3 Å². The van der Waals surface area contributed by atoms with Crippen LogP contribution >= 0.6 is 23.2 Å². The first-order valence-corrected chi connectivity index (χ1v) is 14.3. The van der Waals surface area contributed by atoms with Crippen molar-refractivity contribution in [1.29, 1.82) is 0 Å². The molecule has 0 bridgehead atoms. The van der Waals surface area contributed by atoms with Crippen LogP contribution in [0.2, 0.25) is 10.0 Å². The van der Waals surface area contributed by atoms with Gasteiger partial charge in [0.05, 0.1) is 11.1 Å². The molecule has 1 atom stereocenters. The van der Waals surface area contributed by atoms with Crippen molar-refractivity contribution in [2.75, 3.05) is 64.2 Å². The highest BCUT2D eigenvalue weighted by Crippen LogP contribution is 2.36. The zero-order valence-electron chi connectivity index (χ0n) is 22.3. The fraction of sp³-hybridized carbons (Fsp3) is 0.481. The first kappa shape index (κ1) is 29.7. The van der Waals surface area contributed by atoms with Gasteiger partial charge in [-0.25, -0.2) is 9.78 Å². The lowest BCUT2D eigenvalue weighted by Crippen LogP contribution is -2.57. The van der Waals surface area contributed by atoms with Gasteiger partial charge in [-0.15, -0.1) is 0 Å². The molecule has 6 N–H and O–H groups in total. The van der Waals surface area contributed by atoms with Crippen molar-refractivity contribution in [3.63, 3.8) is 0 Å². The molecule has 0 aliphatic carbocycles. The maximum Gasteiger partial charge on any atom is 0.434 e. The van der Waals surface area contributed by atoms with Gasteiger partial charge in [-0.2, -0.15) is 13.2 Å². The number of carbonyl (C=O) groups excluding carboxylic acids is 1. The number of benzene rings is 1. The predicted octanol–water partition coefficient (Wildman–Crippen LogP) is 4.09. The maximum atomic E-state index is 13.2. The number of fused-ring (bicyclic) bond motifs is 3. The summed E-state index contributed by atoms with van der Waals surface area (Å²) in [5.74, 6) is 0.483. The third kappa shape index (κ3) is 6.83. The highest BCUT2D eigenvalue weighted by Gasteiger charge is 2.36. The highest BCUT2D eigenvalue weighted by atomic mass is 35.5. The van der Waals surface area contributed by atoms with Crippen molar-refractivity contribution >= 4 is 46.0 Å². The van der Waals surface area contributed by atoms with Crippen molar-refractivity contribution in [2.45, 2.75) is 18.6 Å². The number of rotatable bonds is 10. The fourth-order valence-electron chi connectivity index (χ4n) is 5.53. The summed E-state index contributed by atoms with van der Waals surface area (Å²) in [6.07, 6.45) is -3.81. The van der Waals surface area contributed by atoms with Crippen LogP contribution in [-0.2, 0) is 12.6 Å². The molecule has 2 amide bonds. The van der Waals surface area contributed by atoms with Gasteiger partial charge in [0.1, 0.15) is 5.82 Å². The van der Waals surface area contributed by atoms with E-state index in [0.29, 0.717) is 56.8 Å². The Morgan fingerprint density at radius 2 is 1.95 bits per heavy atom. The molecule has 1 saturated heterocycles. The van der Waals surface area contributed by atoms with E-state index in [1.807, 2.05) is 18.2 Å². The highest BCUT2D eigenvalue weighted by molar-refractivity contribution is 6.31. The number of anilines is 1. The number of nitrogens with zero attached hydrogens (tertiary/aromatic N) is 3. The minimum absolute atomic E-state index is 0.0136. The summed E-state index contributed by atoms with van der Waals surface area (Å²) in [6.45, 7) is 5.44. The number of likely N-dealkylation sites (tertiary alicyclic amines) is 1. The Balaban J connectivity index is 1.23. The van der Waals surface area contributed by atoms with Crippen LogP contribution in [0.15, 0.2) is 30.3 Å². The third-order valence-electron chi connectivity index (χ3n) is 7.58. The van der Waals surface area contributed by atoms with Crippen LogP contribution in [0.3, 0.4) is 0 Å². The summed E-state index contributed by atoms with van der Waals surface area (Å²) in [6, 6.07) is 8.41. The van der Waals surface area contributed by atoms with Crippen molar-refractivity contribution in [2.24, 2.45) is 11.7 Å². The summed E-state index contributed by atoms with van der Waals surface area (Å²) in [5.41, 5.74) is 7.72. The lowest BCUT2D eigenvalue weighted by molar-refractivity contribution is -0.141. The molecule has 0 spiro atoms. The SMILES string of the molecule is NCCNC(=O)N1CC(CNCC2c3[nH]c4ccc(Cl)cc4c3CCN2CCNc2ccc(Cl)c(C(F)(F)F)n2)C1. The van der Waals surface area contributed by atoms with Gasteiger partial charge in [-0.1, -0.05) is 23.2 Å². The molecule has 9 nitrogen and oxygen atoms in total. The maximum absolute atomic E-state index is 13.2. The van der Waals surface area contributed by atoms with E-state index in [1.54, 1.807) is 4.90 Å². The van der Waals surface area contributed by atoms with Crippen LogP contribution in [0, 0.1) is 5.92 Å². The first-order valence-electron chi connectivity index (χ1n) is 13.6. The fourth-order valence-corrected chi connectivity index (χ4v) is 5.92. The Kier molecular flexibility index (Phi) is 9.15. The van der Waals surface area contributed by atoms with Crippen molar-refractivity contribution in [3.8, 4) is 0 Å². The molecule has 2 aromatic heterocycles. The number of amides is 2. The van der Waals surface area contributed by atoms with Crippen molar-refractivity contribution in [1.82, 2.24) is 30.4 Å². The van der Waals surface area contributed by atoms with Crippen LogP contribution in [0.5, 0.6) is 0 Å². The van der Waals surface area contributed by atoms with Gasteiger partial charge < -0.3 is 31.6 Å². The number of carbonyl (C=O) groups is 1. The summed E-state index contributed by atoms with van der Waals surface area (Å²) in [7, 11) is 0. The molecule has 0 saturated carbocycles. The zero-order chi connectivity index (χ0) is 29.1. The lowest BCUT2D eigenvalue weighted by atomic mass is 9.96. The number of aromatic nitrogens is 2. The van der Waals surface area contributed by atoms with Crippen LogP contribution in [-0.4, -0.2) is 84.7 Å². The lowest BCUT2D eigenvalue weighted by Gasteiger charge is -2.40. The number of alkyl halides is 3. The molecular weight excluding hydrogens is 580 g/mol. The predicted molar refractivity (Wildman–Crippen MR) is 154 cm³/mol. The van der Waals surface area contributed by atoms with Crippen LogP contribution < -0.4 is 21.7 Å². The molecule has 1 fully saturated rings. The Morgan fingerprint density at radius 3 is 2.71 bits per heavy atom. The van der Waals surface area contributed by atoms with E-state index in [2.05, 4.69) is 30.8 Å². The molecule has 4 heterocycles. The van der Waals surface area contributed by atoms with E-state index >= 15 is 0 Å². The molecule has 2 aliphatic rings. The van der Waals surface area contributed by atoms with Crippen LogP contribution in [0.25, 0.3) is 10.9 Å². The van der Waals surface area contributed by atoms with Gasteiger partial charge in [-0.05, 0) is 42.3 Å². The Labute approximate surface area is 245 Å². The quantitative estimate of drug-likeness (QED) is 0.236. The summed E-state index contributed by atoms with van der Waals surface area (Å²) < 4.78 is 39.7. The van der Waals surface area contributed by atoms with E-state index in [0.717, 1.165) is 36.1 Å². The summed E-state index contributed by atoms with van der Waals surface area (Å²) in [4.78, 5) is 23.4. The van der Waals surface area contributed by atoms with Gasteiger partial charge >= 0.3 is 12.2 Å². The Bertz CT molecular complexity index is 1380. The van der Waals surface area contributed by atoms with Gasteiger partial charge in [0, 0.05) is 86.4 Å². The molecule has 222 valence electrons. The number of aromatic amines is 1. The number of nitrogens with two attached hydrogens (primary N) is 1. The molecule has 41 heavy (non-hydrogen) atoms. The third-order valence-corrected chi connectivity index (χ3v) is 8.12. The first-order chi connectivity index (χ1) is 19.6. The second kappa shape index (κ2) is 12.6. The van der Waals surface area contributed by atoms with E-state index in [-0.39, 0.29) is 17.9 Å². The Hall–Kier alpha value is -2.77. The number of urea groups is 1. The van der Waals surface area contributed by atoms with Gasteiger partial charge in [-0.3, -0.25) is 4.90 Å². The average molecular weight is 614 g/mol. The minimum Gasteiger partial charge on any atom is -0.369 e. The van der Waals surface area contributed by atoms with Crippen molar-refractivity contribution < 1.29 is 18.0 Å². The van der Waals surface area contributed by atoms with E-state index < -0.39 is 16.9 Å². The minimum atomic E-state index is -4.63. The molecular formula is C27H33Cl2F3N8O. The number of nitrogens with one attached hydrogen (secondary N) is 4. The summed E-state index contributed by atoms with van der Waals surface area (Å²) in [5, 5.41) is 10.8. The number of halogens is 5.